The van der Waals surface area contributed by atoms with E-state index in [1.165, 1.54) is 6.07 Å². The minimum absolute atomic E-state index is 0.0185. The molecule has 1 fully saturated rings. The summed E-state index contributed by atoms with van der Waals surface area (Å²) in [6, 6.07) is 19.8. The predicted octanol–water partition coefficient (Wildman–Crippen LogP) is 4.08. The van der Waals surface area contributed by atoms with Gasteiger partial charge >= 0.3 is 5.97 Å². The van der Waals surface area contributed by atoms with Gasteiger partial charge in [-0.05, 0) is 48.7 Å². The van der Waals surface area contributed by atoms with Crippen LogP contribution in [-0.4, -0.2) is 25.7 Å². The lowest BCUT2D eigenvalue weighted by Crippen LogP contribution is -2.02. The number of aromatic nitrogens is 3. The third-order valence-electron chi connectivity index (χ3n) is 5.13. The fourth-order valence-electron chi connectivity index (χ4n) is 3.19. The van der Waals surface area contributed by atoms with Crippen LogP contribution >= 0.6 is 0 Å². The highest BCUT2D eigenvalue weighted by Gasteiger charge is 2.28. The minimum Gasteiger partial charge on any atom is -0.481 e. The average Bonchev–Trinajstić information content (AvgIpc) is 3.60. The second-order valence-electron chi connectivity index (χ2n) is 7.62. The second kappa shape index (κ2) is 9.36. The van der Waals surface area contributed by atoms with Gasteiger partial charge in [-0.1, -0.05) is 30.3 Å². The Morgan fingerprint density at radius 3 is 2.58 bits per heavy atom. The smallest absolute Gasteiger partial charge is 0.306 e. The summed E-state index contributed by atoms with van der Waals surface area (Å²) in [5.41, 5.74) is 9.88. The van der Waals surface area contributed by atoms with Crippen molar-refractivity contribution >= 4 is 23.3 Å². The summed E-state index contributed by atoms with van der Waals surface area (Å²) in [6.45, 7) is 0.462. The van der Waals surface area contributed by atoms with Crippen LogP contribution < -0.4 is 11.1 Å². The van der Waals surface area contributed by atoms with Gasteiger partial charge in [0.15, 0.2) is 5.65 Å². The van der Waals surface area contributed by atoms with Gasteiger partial charge < -0.3 is 16.2 Å². The molecule has 8 nitrogen and oxygen atoms in total. The van der Waals surface area contributed by atoms with Crippen molar-refractivity contribution in [3.8, 4) is 17.3 Å². The standard InChI is InChI=1S/C20H15FN6.C4H6O2/c21-16-10-14(11-22)6-9-17(16)24-12-13-4-7-15(8-5-13)18-2-1-3-19-25-20(23)26-27(18)19;5-4(6)3-1-2-3/h1-10,24H,12H2,(H2,23,26);3H,1-2H2,(H,5,6). The van der Waals surface area contributed by atoms with Crippen LogP contribution in [0.3, 0.4) is 0 Å². The van der Waals surface area contributed by atoms with Crippen molar-refractivity contribution in [3.63, 3.8) is 0 Å². The molecule has 0 unspecified atom stereocenters. The highest BCUT2D eigenvalue weighted by molar-refractivity contribution is 5.72. The lowest BCUT2D eigenvalue weighted by molar-refractivity contribution is -0.138. The molecule has 2 aromatic carbocycles. The van der Waals surface area contributed by atoms with Crippen LogP contribution in [0.2, 0.25) is 0 Å². The summed E-state index contributed by atoms with van der Waals surface area (Å²) in [6.07, 6.45) is 1.80. The van der Waals surface area contributed by atoms with Gasteiger partial charge in [0, 0.05) is 12.1 Å². The Morgan fingerprint density at radius 1 is 1.21 bits per heavy atom. The van der Waals surface area contributed by atoms with Crippen LogP contribution in [0.15, 0.2) is 60.7 Å². The SMILES string of the molecule is N#Cc1ccc(NCc2ccc(-c3cccc4nc(N)nn34)cc2)c(F)c1.O=C(O)C1CC1. The van der Waals surface area contributed by atoms with Crippen molar-refractivity contribution in [2.75, 3.05) is 11.1 Å². The maximum atomic E-state index is 13.9. The van der Waals surface area contributed by atoms with Crippen LogP contribution in [0.4, 0.5) is 16.0 Å². The van der Waals surface area contributed by atoms with E-state index in [9.17, 15) is 9.18 Å². The van der Waals surface area contributed by atoms with E-state index in [0.717, 1.165) is 29.7 Å². The Hall–Kier alpha value is -4.45. The molecule has 1 aliphatic rings. The summed E-state index contributed by atoms with van der Waals surface area (Å²) in [5.74, 6) is -0.825. The van der Waals surface area contributed by atoms with Crippen LogP contribution in [-0.2, 0) is 11.3 Å². The summed E-state index contributed by atoms with van der Waals surface area (Å²) < 4.78 is 15.6. The monoisotopic (exact) mass is 444 g/mol. The molecule has 0 saturated heterocycles. The number of nitrogens with zero attached hydrogens (tertiary/aromatic N) is 4. The summed E-state index contributed by atoms with van der Waals surface area (Å²) in [7, 11) is 0. The molecule has 0 aliphatic heterocycles. The van der Waals surface area contributed by atoms with E-state index >= 15 is 0 Å². The van der Waals surface area contributed by atoms with Gasteiger partial charge in [-0.2, -0.15) is 10.2 Å². The molecule has 4 aromatic rings. The number of nitrogens with two attached hydrogens (primary N) is 1. The first-order valence-electron chi connectivity index (χ1n) is 10.3. The molecule has 1 saturated carbocycles. The summed E-state index contributed by atoms with van der Waals surface area (Å²) >= 11 is 0. The Labute approximate surface area is 189 Å². The normalized spacial score (nSPS) is 12.5. The molecule has 0 spiro atoms. The quantitative estimate of drug-likeness (QED) is 0.423. The molecule has 2 aromatic heterocycles. The van der Waals surface area contributed by atoms with Gasteiger partial charge in [-0.15, -0.1) is 5.10 Å². The molecule has 9 heteroatoms. The van der Waals surface area contributed by atoms with Crippen molar-refractivity contribution in [1.82, 2.24) is 14.6 Å². The fraction of sp³-hybridized carbons (Fsp3) is 0.167. The number of pyridine rings is 1. The molecule has 0 radical (unpaired) electrons. The number of carboxylic acid groups (broad SMARTS) is 1. The maximum Gasteiger partial charge on any atom is 0.306 e. The van der Waals surface area contributed by atoms with E-state index in [-0.39, 0.29) is 11.9 Å². The summed E-state index contributed by atoms with van der Waals surface area (Å²) in [4.78, 5) is 13.9. The topological polar surface area (TPSA) is 129 Å². The number of carboxylic acids is 1. The van der Waals surface area contributed by atoms with Crippen molar-refractivity contribution < 1.29 is 14.3 Å². The van der Waals surface area contributed by atoms with Crippen LogP contribution in [0.25, 0.3) is 16.9 Å². The number of carbonyl (C=O) groups is 1. The van der Waals surface area contributed by atoms with Gasteiger partial charge in [-0.25, -0.2) is 8.91 Å². The maximum absolute atomic E-state index is 13.9. The molecule has 0 bridgehead atoms. The molecule has 1 aliphatic carbocycles. The molecule has 33 heavy (non-hydrogen) atoms. The van der Waals surface area contributed by atoms with Crippen molar-refractivity contribution in [3.05, 3.63) is 77.6 Å². The lowest BCUT2D eigenvalue weighted by Gasteiger charge is -2.09. The number of nitrogens with one attached hydrogen (secondary N) is 1. The zero-order valence-electron chi connectivity index (χ0n) is 17.6. The number of hydrogen-bond acceptors (Lipinski definition) is 6. The van der Waals surface area contributed by atoms with E-state index in [4.69, 9.17) is 16.1 Å². The minimum atomic E-state index is -0.630. The number of nitrogen functional groups attached to an aromatic ring is 1. The first kappa shape index (κ1) is 21.8. The van der Waals surface area contributed by atoms with E-state index in [1.54, 1.807) is 16.6 Å². The highest BCUT2D eigenvalue weighted by Crippen LogP contribution is 2.28. The van der Waals surface area contributed by atoms with E-state index in [1.807, 2.05) is 48.5 Å². The van der Waals surface area contributed by atoms with Crippen LogP contribution in [0, 0.1) is 23.1 Å². The number of aliphatic carboxylic acids is 1. The number of anilines is 2. The number of fused-ring (bicyclic) bond motifs is 1. The first-order valence-corrected chi connectivity index (χ1v) is 10.3. The van der Waals surface area contributed by atoms with E-state index < -0.39 is 11.8 Å². The third-order valence-corrected chi connectivity index (χ3v) is 5.13. The Kier molecular flexibility index (Phi) is 6.17. The molecule has 4 N–H and O–H groups in total. The Morgan fingerprint density at radius 2 is 1.97 bits per heavy atom. The average molecular weight is 444 g/mol. The van der Waals surface area contributed by atoms with Crippen LogP contribution in [0.5, 0.6) is 0 Å². The largest absolute Gasteiger partial charge is 0.481 e. The van der Waals surface area contributed by atoms with Crippen molar-refractivity contribution in [2.24, 2.45) is 5.92 Å². The zero-order chi connectivity index (χ0) is 23.4. The molecular weight excluding hydrogens is 423 g/mol. The Bertz CT molecular complexity index is 1340. The van der Waals surface area contributed by atoms with Crippen molar-refractivity contribution in [2.45, 2.75) is 19.4 Å². The second-order valence-corrected chi connectivity index (χ2v) is 7.62. The van der Waals surface area contributed by atoms with Crippen LogP contribution in [0.1, 0.15) is 24.0 Å². The van der Waals surface area contributed by atoms with Crippen molar-refractivity contribution in [1.29, 1.82) is 5.26 Å². The molecule has 166 valence electrons. The first-order chi connectivity index (χ1) is 15.9. The van der Waals surface area contributed by atoms with Gasteiger partial charge in [-0.3, -0.25) is 4.79 Å². The molecule has 2 heterocycles. The molecule has 0 atom stereocenters. The summed E-state index contributed by atoms with van der Waals surface area (Å²) in [5, 5.41) is 24.1. The molecular formula is C24H21FN6O2. The highest BCUT2D eigenvalue weighted by atomic mass is 19.1. The van der Waals surface area contributed by atoms with Gasteiger partial charge in [0.05, 0.1) is 28.9 Å². The fourth-order valence-corrected chi connectivity index (χ4v) is 3.19. The zero-order valence-corrected chi connectivity index (χ0v) is 17.6. The molecule has 0 amide bonds. The molecule has 5 rings (SSSR count). The van der Waals surface area contributed by atoms with E-state index in [2.05, 4.69) is 15.4 Å². The number of hydrogen-bond donors (Lipinski definition) is 3. The number of nitriles is 1. The van der Waals surface area contributed by atoms with Gasteiger partial charge in [0.1, 0.15) is 5.82 Å². The third kappa shape index (κ3) is 5.25. The predicted molar refractivity (Wildman–Crippen MR) is 122 cm³/mol. The van der Waals surface area contributed by atoms with Gasteiger partial charge in [0.25, 0.3) is 0 Å². The number of halogens is 1. The van der Waals surface area contributed by atoms with E-state index in [0.29, 0.717) is 23.4 Å². The number of rotatable bonds is 5. The number of benzene rings is 2. The lowest BCUT2D eigenvalue weighted by atomic mass is 10.1. The van der Waals surface area contributed by atoms with Gasteiger partial charge in [0.2, 0.25) is 5.95 Å². The Balaban J connectivity index is 0.000000376.